The molecular formula is C20H24N4O2. The van der Waals surface area contributed by atoms with E-state index < -0.39 is 0 Å². The summed E-state index contributed by atoms with van der Waals surface area (Å²) < 4.78 is 0. The fraction of sp³-hybridized carbons (Fsp3) is 0.300. The summed E-state index contributed by atoms with van der Waals surface area (Å²) in [7, 11) is 1.75. The van der Waals surface area contributed by atoms with Crippen molar-refractivity contribution in [3.63, 3.8) is 0 Å². The summed E-state index contributed by atoms with van der Waals surface area (Å²) in [6.45, 7) is 3.18. The zero-order chi connectivity index (χ0) is 18.7. The Labute approximate surface area is 152 Å². The molecule has 3 aromatic rings. The molecule has 4 N–H and O–H groups in total. The van der Waals surface area contributed by atoms with Crippen LogP contribution in [0.15, 0.2) is 36.4 Å². The first-order chi connectivity index (χ1) is 12.5. The van der Waals surface area contributed by atoms with E-state index in [1.165, 1.54) is 0 Å². The summed E-state index contributed by atoms with van der Waals surface area (Å²) in [6, 6.07) is 11.1. The molecule has 6 heteroatoms. The maximum Gasteiger partial charge on any atom is 0.257 e. The highest BCUT2D eigenvalue weighted by Gasteiger charge is 2.19. The second kappa shape index (κ2) is 7.58. The Morgan fingerprint density at radius 1 is 1.31 bits per heavy atom. The number of aromatic nitrogens is 2. The van der Waals surface area contributed by atoms with Crippen LogP contribution in [0.5, 0.6) is 5.75 Å². The number of carbonyl (C=O) groups excluding carboxylic acids is 1. The van der Waals surface area contributed by atoms with Crippen molar-refractivity contribution in [1.82, 2.24) is 15.1 Å². The molecule has 3 rings (SSSR count). The van der Waals surface area contributed by atoms with Crippen molar-refractivity contribution in [2.75, 3.05) is 13.6 Å². The largest absolute Gasteiger partial charge is 0.507 e. The fourth-order valence-corrected chi connectivity index (χ4v) is 2.99. The molecule has 0 aliphatic heterocycles. The number of aromatic amines is 1. The number of benzene rings is 2. The number of hydrogen-bond acceptors (Lipinski definition) is 4. The minimum atomic E-state index is -0.194. The van der Waals surface area contributed by atoms with Crippen LogP contribution in [0.4, 0.5) is 0 Å². The average Bonchev–Trinajstić information content (AvgIpc) is 3.07. The first-order valence-electron chi connectivity index (χ1n) is 8.81. The van der Waals surface area contributed by atoms with Crippen molar-refractivity contribution in [1.29, 1.82) is 0 Å². The van der Waals surface area contributed by atoms with Crippen molar-refractivity contribution in [3.8, 4) is 17.0 Å². The van der Waals surface area contributed by atoms with Gasteiger partial charge in [0, 0.05) is 37.2 Å². The Morgan fingerprint density at radius 2 is 2.12 bits per heavy atom. The number of nitrogens with two attached hydrogens (primary N) is 1. The highest BCUT2D eigenvalue weighted by molar-refractivity contribution is 6.03. The van der Waals surface area contributed by atoms with E-state index in [0.29, 0.717) is 18.6 Å². The zero-order valence-electron chi connectivity index (χ0n) is 15.1. The van der Waals surface area contributed by atoms with E-state index in [1.807, 2.05) is 24.3 Å². The number of phenolic OH excluding ortho intramolecular Hbond substituents is 1. The molecule has 6 nitrogen and oxygen atoms in total. The van der Waals surface area contributed by atoms with Gasteiger partial charge >= 0.3 is 0 Å². The summed E-state index contributed by atoms with van der Waals surface area (Å²) in [5.41, 5.74) is 9.36. The van der Waals surface area contributed by atoms with Crippen molar-refractivity contribution in [2.45, 2.75) is 26.3 Å². The van der Waals surface area contributed by atoms with Crippen LogP contribution in [0.2, 0.25) is 0 Å². The van der Waals surface area contributed by atoms with Crippen LogP contribution in [0.1, 0.15) is 35.7 Å². The number of aromatic hydroxyl groups is 1. The molecule has 0 spiro atoms. The van der Waals surface area contributed by atoms with Crippen LogP contribution in [0.3, 0.4) is 0 Å². The van der Waals surface area contributed by atoms with Gasteiger partial charge in [-0.1, -0.05) is 31.5 Å². The van der Waals surface area contributed by atoms with Crippen molar-refractivity contribution >= 4 is 16.8 Å². The second-order valence-electron chi connectivity index (χ2n) is 6.47. The minimum absolute atomic E-state index is 0.0447. The number of phenols is 1. The molecule has 0 radical (unpaired) electrons. The molecule has 26 heavy (non-hydrogen) atoms. The van der Waals surface area contributed by atoms with Gasteiger partial charge in [0.05, 0.1) is 16.8 Å². The Hall–Kier alpha value is -2.86. The third kappa shape index (κ3) is 3.41. The van der Waals surface area contributed by atoms with Crippen LogP contribution in [0, 0.1) is 0 Å². The molecule has 0 saturated heterocycles. The summed E-state index contributed by atoms with van der Waals surface area (Å²) in [6.07, 6.45) is 1.93. The lowest BCUT2D eigenvalue weighted by Gasteiger charge is -2.17. The van der Waals surface area contributed by atoms with Gasteiger partial charge in [-0.2, -0.15) is 5.10 Å². The maximum atomic E-state index is 12.7. The summed E-state index contributed by atoms with van der Waals surface area (Å²) >= 11 is 0. The van der Waals surface area contributed by atoms with Crippen molar-refractivity contribution in [2.24, 2.45) is 5.73 Å². The van der Waals surface area contributed by atoms with E-state index in [2.05, 4.69) is 17.1 Å². The van der Waals surface area contributed by atoms with E-state index >= 15 is 0 Å². The van der Waals surface area contributed by atoms with Gasteiger partial charge in [-0.05, 0) is 24.1 Å². The monoisotopic (exact) mass is 352 g/mol. The first kappa shape index (κ1) is 17.9. The lowest BCUT2D eigenvalue weighted by atomic mass is 10.0. The number of nitrogens with one attached hydrogen (secondary N) is 1. The molecular weight excluding hydrogens is 328 g/mol. The number of H-pyrrole nitrogens is 1. The lowest BCUT2D eigenvalue weighted by molar-refractivity contribution is 0.0790. The Kier molecular flexibility index (Phi) is 5.23. The molecule has 136 valence electrons. The summed E-state index contributed by atoms with van der Waals surface area (Å²) in [4.78, 5) is 14.3. The van der Waals surface area contributed by atoms with Gasteiger partial charge in [-0.3, -0.25) is 9.89 Å². The molecule has 0 bridgehead atoms. The van der Waals surface area contributed by atoms with Gasteiger partial charge in [0.2, 0.25) is 0 Å². The van der Waals surface area contributed by atoms with Crippen LogP contribution < -0.4 is 5.73 Å². The SMILES string of the molecule is CCCCN(C)C(=O)c1cc2c(-c3cccc(CN)c3)n[nH]c2cc1O. The quantitative estimate of drug-likeness (QED) is 0.634. The normalized spacial score (nSPS) is 11.0. The van der Waals surface area contributed by atoms with Crippen LogP contribution >= 0.6 is 0 Å². The highest BCUT2D eigenvalue weighted by Crippen LogP contribution is 2.32. The molecule has 1 aromatic heterocycles. The van der Waals surface area contributed by atoms with Gasteiger partial charge in [0.15, 0.2) is 0 Å². The van der Waals surface area contributed by atoms with E-state index in [0.717, 1.165) is 35.0 Å². The summed E-state index contributed by atoms with van der Waals surface area (Å²) in [5, 5.41) is 18.4. The molecule has 0 unspecified atom stereocenters. The Morgan fingerprint density at radius 3 is 2.85 bits per heavy atom. The van der Waals surface area contributed by atoms with Crippen LogP contribution in [-0.4, -0.2) is 39.7 Å². The molecule has 0 fully saturated rings. The maximum absolute atomic E-state index is 12.7. The molecule has 0 aliphatic rings. The standard InChI is InChI=1S/C20H24N4O2/c1-3-4-8-24(2)20(26)16-10-15-17(11-18(16)25)22-23-19(15)14-7-5-6-13(9-14)12-21/h5-7,9-11,25H,3-4,8,12,21H2,1-2H3,(H,22,23). The number of hydrogen-bond donors (Lipinski definition) is 3. The predicted molar refractivity (Wildman–Crippen MR) is 103 cm³/mol. The average molecular weight is 352 g/mol. The molecule has 0 atom stereocenters. The highest BCUT2D eigenvalue weighted by atomic mass is 16.3. The van der Waals surface area contributed by atoms with Crippen LogP contribution in [0.25, 0.3) is 22.2 Å². The van der Waals surface area contributed by atoms with E-state index in [1.54, 1.807) is 24.1 Å². The molecule has 0 saturated carbocycles. The van der Waals surface area contributed by atoms with Crippen molar-refractivity contribution in [3.05, 3.63) is 47.5 Å². The van der Waals surface area contributed by atoms with Crippen molar-refractivity contribution < 1.29 is 9.90 Å². The predicted octanol–water partition coefficient (Wildman–Crippen LogP) is 3.27. The molecule has 2 aromatic carbocycles. The van der Waals surface area contributed by atoms with Crippen LogP contribution in [-0.2, 0) is 6.54 Å². The summed E-state index contributed by atoms with van der Waals surface area (Å²) in [5.74, 6) is -0.238. The molecule has 0 aliphatic carbocycles. The number of unbranched alkanes of at least 4 members (excludes halogenated alkanes) is 1. The van der Waals surface area contributed by atoms with E-state index in [9.17, 15) is 9.90 Å². The van der Waals surface area contributed by atoms with E-state index in [-0.39, 0.29) is 17.2 Å². The van der Waals surface area contributed by atoms with Gasteiger partial charge in [0.25, 0.3) is 5.91 Å². The number of carbonyl (C=O) groups is 1. The van der Waals surface area contributed by atoms with Gasteiger partial charge in [0.1, 0.15) is 5.75 Å². The Bertz CT molecular complexity index is 933. The molecule has 1 amide bonds. The second-order valence-corrected chi connectivity index (χ2v) is 6.47. The Balaban J connectivity index is 2.04. The smallest absolute Gasteiger partial charge is 0.257 e. The van der Waals surface area contributed by atoms with Gasteiger partial charge in [-0.15, -0.1) is 0 Å². The zero-order valence-corrected chi connectivity index (χ0v) is 15.1. The number of fused-ring (bicyclic) bond motifs is 1. The fourth-order valence-electron chi connectivity index (χ4n) is 2.99. The lowest BCUT2D eigenvalue weighted by Crippen LogP contribution is -2.27. The first-order valence-corrected chi connectivity index (χ1v) is 8.81. The van der Waals surface area contributed by atoms with Gasteiger partial charge in [-0.25, -0.2) is 0 Å². The topological polar surface area (TPSA) is 95.2 Å². The van der Waals surface area contributed by atoms with Gasteiger partial charge < -0.3 is 15.7 Å². The minimum Gasteiger partial charge on any atom is -0.507 e. The third-order valence-electron chi connectivity index (χ3n) is 4.54. The third-order valence-corrected chi connectivity index (χ3v) is 4.54. The molecule has 1 heterocycles. The number of rotatable bonds is 6. The number of nitrogens with zero attached hydrogens (tertiary/aromatic N) is 2. The van der Waals surface area contributed by atoms with E-state index in [4.69, 9.17) is 5.73 Å². The number of amides is 1.